The Morgan fingerprint density at radius 2 is 2.28 bits per heavy atom. The van der Waals surface area contributed by atoms with Gasteiger partial charge in [-0.15, -0.1) is 5.10 Å². The van der Waals surface area contributed by atoms with Gasteiger partial charge in [-0.25, -0.2) is 4.98 Å². The standard InChI is InChI=1S/C12H15ClN4S/c1-7(14)5-9-6-10(13)3-4-11(9)18-12-15-8(2)16-17-12/h3-4,6-7H,5,14H2,1-2H3,(H,15,16,17). The summed E-state index contributed by atoms with van der Waals surface area (Å²) in [6.45, 7) is 3.86. The van der Waals surface area contributed by atoms with Crippen molar-refractivity contribution < 1.29 is 0 Å². The third-order valence-electron chi connectivity index (χ3n) is 2.34. The molecule has 0 saturated carbocycles. The van der Waals surface area contributed by atoms with Crippen molar-refractivity contribution in [3.05, 3.63) is 34.6 Å². The van der Waals surface area contributed by atoms with Crippen LogP contribution in [0, 0.1) is 6.92 Å². The Morgan fingerprint density at radius 1 is 1.50 bits per heavy atom. The highest BCUT2D eigenvalue weighted by Crippen LogP contribution is 2.30. The first-order chi connectivity index (χ1) is 8.54. The number of rotatable bonds is 4. The minimum absolute atomic E-state index is 0.0942. The van der Waals surface area contributed by atoms with E-state index in [2.05, 4.69) is 15.2 Å². The fourth-order valence-electron chi connectivity index (χ4n) is 1.62. The van der Waals surface area contributed by atoms with E-state index in [-0.39, 0.29) is 6.04 Å². The molecule has 18 heavy (non-hydrogen) atoms. The van der Waals surface area contributed by atoms with Gasteiger partial charge in [0.05, 0.1) is 0 Å². The highest BCUT2D eigenvalue weighted by Gasteiger charge is 2.10. The van der Waals surface area contributed by atoms with Crippen LogP contribution in [-0.2, 0) is 6.42 Å². The second-order valence-corrected chi connectivity index (χ2v) is 5.68. The molecule has 0 saturated heterocycles. The second kappa shape index (κ2) is 5.73. The molecule has 6 heteroatoms. The molecule has 96 valence electrons. The monoisotopic (exact) mass is 282 g/mol. The Balaban J connectivity index is 2.26. The molecule has 1 aromatic heterocycles. The van der Waals surface area contributed by atoms with Gasteiger partial charge in [0.25, 0.3) is 0 Å². The Morgan fingerprint density at radius 3 is 2.89 bits per heavy atom. The average Bonchev–Trinajstić information content (AvgIpc) is 2.67. The van der Waals surface area contributed by atoms with Gasteiger partial charge in [0.2, 0.25) is 5.16 Å². The van der Waals surface area contributed by atoms with Crippen molar-refractivity contribution in [2.45, 2.75) is 36.4 Å². The number of aryl methyl sites for hydroxylation is 1. The maximum absolute atomic E-state index is 6.02. The van der Waals surface area contributed by atoms with Gasteiger partial charge in [-0.1, -0.05) is 11.6 Å². The molecule has 0 amide bonds. The maximum atomic E-state index is 6.02. The lowest BCUT2D eigenvalue weighted by molar-refractivity contribution is 0.729. The van der Waals surface area contributed by atoms with Crippen molar-refractivity contribution in [1.82, 2.24) is 15.2 Å². The van der Waals surface area contributed by atoms with Crippen molar-refractivity contribution in [1.29, 1.82) is 0 Å². The van der Waals surface area contributed by atoms with Gasteiger partial charge in [-0.3, -0.25) is 5.10 Å². The second-order valence-electron chi connectivity index (χ2n) is 4.24. The SMILES string of the molecule is Cc1nc(Sc2ccc(Cl)cc2CC(C)N)n[nH]1. The molecule has 3 N–H and O–H groups in total. The number of nitrogens with zero attached hydrogens (tertiary/aromatic N) is 2. The largest absolute Gasteiger partial charge is 0.328 e. The van der Waals surface area contributed by atoms with Crippen molar-refractivity contribution in [3.8, 4) is 0 Å². The molecule has 0 radical (unpaired) electrons. The summed E-state index contributed by atoms with van der Waals surface area (Å²) >= 11 is 7.54. The molecule has 2 rings (SSSR count). The van der Waals surface area contributed by atoms with Crippen molar-refractivity contribution >= 4 is 23.4 Å². The molecule has 0 bridgehead atoms. The zero-order valence-corrected chi connectivity index (χ0v) is 11.8. The molecule has 0 aliphatic heterocycles. The van der Waals surface area contributed by atoms with Gasteiger partial charge >= 0.3 is 0 Å². The molecular formula is C12H15ClN4S. The zero-order chi connectivity index (χ0) is 13.1. The quantitative estimate of drug-likeness (QED) is 0.905. The van der Waals surface area contributed by atoms with Gasteiger partial charge in [0.1, 0.15) is 5.82 Å². The van der Waals surface area contributed by atoms with Crippen LogP contribution in [0.15, 0.2) is 28.3 Å². The van der Waals surface area contributed by atoms with Crippen LogP contribution in [0.2, 0.25) is 5.02 Å². The Bertz CT molecular complexity index is 539. The Kier molecular flexibility index (Phi) is 4.27. The number of hydrogen-bond acceptors (Lipinski definition) is 4. The van der Waals surface area contributed by atoms with Gasteiger partial charge in [0, 0.05) is 16.0 Å². The summed E-state index contributed by atoms with van der Waals surface area (Å²) in [5, 5.41) is 8.38. The zero-order valence-electron chi connectivity index (χ0n) is 10.3. The van der Waals surface area contributed by atoms with E-state index in [4.69, 9.17) is 17.3 Å². The summed E-state index contributed by atoms with van der Waals surface area (Å²) in [6.07, 6.45) is 0.784. The fraction of sp³-hybridized carbons (Fsp3) is 0.333. The van der Waals surface area contributed by atoms with Crippen LogP contribution >= 0.6 is 23.4 Å². The van der Waals surface area contributed by atoms with E-state index < -0.39 is 0 Å². The first-order valence-corrected chi connectivity index (χ1v) is 6.85. The molecule has 1 unspecified atom stereocenters. The number of H-pyrrole nitrogens is 1. The normalized spacial score (nSPS) is 12.7. The van der Waals surface area contributed by atoms with E-state index in [1.54, 1.807) is 0 Å². The van der Waals surface area contributed by atoms with Crippen molar-refractivity contribution in [3.63, 3.8) is 0 Å². The summed E-state index contributed by atoms with van der Waals surface area (Å²) in [5.41, 5.74) is 6.98. The van der Waals surface area contributed by atoms with E-state index in [0.29, 0.717) is 5.16 Å². The van der Waals surface area contributed by atoms with Gasteiger partial charge in [0.15, 0.2) is 0 Å². The van der Waals surface area contributed by atoms with E-state index >= 15 is 0 Å². The van der Waals surface area contributed by atoms with Crippen LogP contribution < -0.4 is 5.73 Å². The van der Waals surface area contributed by atoms with Crippen LogP contribution in [0.4, 0.5) is 0 Å². The third-order valence-corrected chi connectivity index (χ3v) is 3.56. The molecular weight excluding hydrogens is 268 g/mol. The van der Waals surface area contributed by atoms with Crippen LogP contribution in [0.1, 0.15) is 18.3 Å². The van der Waals surface area contributed by atoms with E-state index in [0.717, 1.165) is 27.7 Å². The molecule has 1 heterocycles. The molecule has 1 atom stereocenters. The molecule has 2 aromatic rings. The molecule has 4 nitrogen and oxygen atoms in total. The summed E-state index contributed by atoms with van der Waals surface area (Å²) < 4.78 is 0. The van der Waals surface area contributed by atoms with Crippen molar-refractivity contribution in [2.75, 3.05) is 0 Å². The molecule has 0 aliphatic rings. The summed E-state index contributed by atoms with van der Waals surface area (Å²) in [7, 11) is 0. The minimum Gasteiger partial charge on any atom is -0.328 e. The van der Waals surface area contributed by atoms with Crippen LogP contribution in [0.5, 0.6) is 0 Å². The van der Waals surface area contributed by atoms with Crippen LogP contribution in [-0.4, -0.2) is 21.2 Å². The van der Waals surface area contributed by atoms with Crippen LogP contribution in [0.3, 0.4) is 0 Å². The predicted molar refractivity (Wildman–Crippen MR) is 74.0 cm³/mol. The Hall–Kier alpha value is -1.04. The number of benzene rings is 1. The number of hydrogen-bond donors (Lipinski definition) is 2. The summed E-state index contributed by atoms with van der Waals surface area (Å²) in [4.78, 5) is 5.37. The highest BCUT2D eigenvalue weighted by molar-refractivity contribution is 7.99. The third kappa shape index (κ3) is 3.48. The first-order valence-electron chi connectivity index (χ1n) is 5.65. The number of halogens is 1. The average molecular weight is 283 g/mol. The smallest absolute Gasteiger partial charge is 0.213 e. The fourth-order valence-corrected chi connectivity index (χ4v) is 2.69. The maximum Gasteiger partial charge on any atom is 0.213 e. The molecule has 0 spiro atoms. The predicted octanol–water partition coefficient (Wildman–Crippen LogP) is 2.81. The van der Waals surface area contributed by atoms with Gasteiger partial charge in [-0.05, 0) is 55.8 Å². The first kappa shape index (κ1) is 13.4. The van der Waals surface area contributed by atoms with Gasteiger partial charge in [-0.2, -0.15) is 0 Å². The lowest BCUT2D eigenvalue weighted by Crippen LogP contribution is -2.18. The van der Waals surface area contributed by atoms with E-state index in [9.17, 15) is 0 Å². The van der Waals surface area contributed by atoms with Crippen molar-refractivity contribution in [2.24, 2.45) is 5.73 Å². The lowest BCUT2D eigenvalue weighted by Gasteiger charge is -2.10. The molecule has 1 aromatic carbocycles. The summed E-state index contributed by atoms with van der Waals surface area (Å²) in [6, 6.07) is 5.90. The minimum atomic E-state index is 0.0942. The number of aromatic nitrogens is 3. The van der Waals surface area contributed by atoms with Crippen LogP contribution in [0.25, 0.3) is 0 Å². The number of nitrogens with two attached hydrogens (primary N) is 1. The molecule has 0 aliphatic carbocycles. The topological polar surface area (TPSA) is 67.6 Å². The Labute approximate surface area is 115 Å². The molecule has 0 fully saturated rings. The highest BCUT2D eigenvalue weighted by atomic mass is 35.5. The number of nitrogens with one attached hydrogen (secondary N) is 1. The van der Waals surface area contributed by atoms with Gasteiger partial charge < -0.3 is 5.73 Å². The lowest BCUT2D eigenvalue weighted by atomic mass is 10.1. The van der Waals surface area contributed by atoms with E-state index in [1.807, 2.05) is 32.0 Å². The summed E-state index contributed by atoms with van der Waals surface area (Å²) in [5.74, 6) is 0.806. The van der Waals surface area contributed by atoms with E-state index in [1.165, 1.54) is 11.8 Å². The number of aromatic amines is 1.